The third-order valence-electron chi connectivity index (χ3n) is 2.88. The molecule has 0 heterocycles. The molecule has 0 fully saturated rings. The zero-order valence-corrected chi connectivity index (χ0v) is 11.7. The Morgan fingerprint density at radius 3 is 2.43 bits per heavy atom. The van der Waals surface area contributed by atoms with Crippen LogP contribution in [0.1, 0.15) is 36.5 Å². The second-order valence-electron chi connectivity index (χ2n) is 4.62. The SMILES string of the molecule is CCCCC(CN)NC(=O)c1ccc(OC(F)(F)F)cc1. The summed E-state index contributed by atoms with van der Waals surface area (Å²) >= 11 is 0. The summed E-state index contributed by atoms with van der Waals surface area (Å²) in [7, 11) is 0. The van der Waals surface area contributed by atoms with Crippen molar-refractivity contribution in [2.45, 2.75) is 38.6 Å². The molecular formula is C14H19F3N2O2. The molecule has 0 spiro atoms. The molecule has 3 N–H and O–H groups in total. The molecule has 0 aliphatic heterocycles. The molecule has 1 aromatic carbocycles. The Morgan fingerprint density at radius 1 is 1.33 bits per heavy atom. The van der Waals surface area contributed by atoms with Gasteiger partial charge in [-0.05, 0) is 30.7 Å². The number of carbonyl (C=O) groups is 1. The first-order valence-electron chi connectivity index (χ1n) is 6.72. The predicted molar refractivity (Wildman–Crippen MR) is 73.0 cm³/mol. The van der Waals surface area contributed by atoms with Crippen molar-refractivity contribution in [3.8, 4) is 5.75 Å². The van der Waals surface area contributed by atoms with E-state index < -0.39 is 6.36 Å². The van der Waals surface area contributed by atoms with Crippen molar-refractivity contribution >= 4 is 5.91 Å². The molecule has 0 radical (unpaired) electrons. The molecule has 1 aromatic rings. The summed E-state index contributed by atoms with van der Waals surface area (Å²) in [5, 5.41) is 2.76. The topological polar surface area (TPSA) is 64.3 Å². The Hall–Kier alpha value is -1.76. The summed E-state index contributed by atoms with van der Waals surface area (Å²) in [5.74, 6) is -0.722. The van der Waals surface area contributed by atoms with E-state index in [-0.39, 0.29) is 23.3 Å². The zero-order chi connectivity index (χ0) is 15.9. The molecule has 118 valence electrons. The van der Waals surface area contributed by atoms with E-state index in [4.69, 9.17) is 5.73 Å². The number of hydrogen-bond acceptors (Lipinski definition) is 3. The van der Waals surface area contributed by atoms with E-state index in [2.05, 4.69) is 10.1 Å². The first kappa shape index (κ1) is 17.3. The van der Waals surface area contributed by atoms with Crippen LogP contribution in [0.3, 0.4) is 0 Å². The van der Waals surface area contributed by atoms with Crippen LogP contribution >= 0.6 is 0 Å². The van der Waals surface area contributed by atoms with Crippen LogP contribution in [0.2, 0.25) is 0 Å². The number of amides is 1. The summed E-state index contributed by atoms with van der Waals surface area (Å²) in [5.41, 5.74) is 5.84. The average Bonchev–Trinajstić information content (AvgIpc) is 2.42. The number of unbranched alkanes of at least 4 members (excludes halogenated alkanes) is 1. The Morgan fingerprint density at radius 2 is 1.95 bits per heavy atom. The van der Waals surface area contributed by atoms with Gasteiger partial charge in [0.25, 0.3) is 5.91 Å². The number of nitrogens with two attached hydrogens (primary N) is 1. The first-order chi connectivity index (χ1) is 9.85. The standard InChI is InChI=1S/C14H19F3N2O2/c1-2-3-4-11(9-18)19-13(20)10-5-7-12(8-6-10)21-14(15,16)17/h5-8,11H,2-4,9,18H2,1H3,(H,19,20). The lowest BCUT2D eigenvalue weighted by Crippen LogP contribution is -2.40. The third kappa shape index (κ3) is 6.48. The molecule has 0 aliphatic rings. The van der Waals surface area contributed by atoms with Gasteiger partial charge in [0.05, 0.1) is 0 Å². The Kier molecular flexibility index (Phi) is 6.48. The number of hydrogen-bond donors (Lipinski definition) is 2. The van der Waals surface area contributed by atoms with Crippen LogP contribution in [-0.4, -0.2) is 24.9 Å². The van der Waals surface area contributed by atoms with Crippen LogP contribution in [0, 0.1) is 0 Å². The van der Waals surface area contributed by atoms with Gasteiger partial charge in [0.1, 0.15) is 5.75 Å². The number of nitrogens with one attached hydrogen (secondary N) is 1. The van der Waals surface area contributed by atoms with E-state index in [1.165, 1.54) is 12.1 Å². The van der Waals surface area contributed by atoms with Gasteiger partial charge in [0, 0.05) is 18.2 Å². The second kappa shape index (κ2) is 7.87. The zero-order valence-electron chi connectivity index (χ0n) is 11.7. The number of alkyl halides is 3. The molecular weight excluding hydrogens is 285 g/mol. The largest absolute Gasteiger partial charge is 0.573 e. The van der Waals surface area contributed by atoms with Crippen LogP contribution in [0.4, 0.5) is 13.2 Å². The molecule has 0 saturated heterocycles. The number of halogens is 3. The molecule has 0 bridgehead atoms. The van der Waals surface area contributed by atoms with Gasteiger partial charge < -0.3 is 15.8 Å². The Bertz CT molecular complexity index is 447. The van der Waals surface area contributed by atoms with E-state index in [1.54, 1.807) is 0 Å². The Labute approximate surface area is 121 Å². The van der Waals surface area contributed by atoms with Crippen LogP contribution in [0.5, 0.6) is 5.75 Å². The highest BCUT2D eigenvalue weighted by Gasteiger charge is 2.31. The summed E-state index contributed by atoms with van der Waals surface area (Å²) in [6.45, 7) is 2.36. The van der Waals surface area contributed by atoms with E-state index in [0.29, 0.717) is 6.54 Å². The minimum Gasteiger partial charge on any atom is -0.406 e. The number of rotatable bonds is 7. The lowest BCUT2D eigenvalue weighted by molar-refractivity contribution is -0.274. The van der Waals surface area contributed by atoms with Gasteiger partial charge in [-0.25, -0.2) is 0 Å². The first-order valence-corrected chi connectivity index (χ1v) is 6.72. The highest BCUT2D eigenvalue weighted by atomic mass is 19.4. The molecule has 21 heavy (non-hydrogen) atoms. The van der Waals surface area contributed by atoms with Gasteiger partial charge in [0.2, 0.25) is 0 Å². The predicted octanol–water partition coefficient (Wildman–Crippen LogP) is 2.83. The quantitative estimate of drug-likeness (QED) is 0.814. The summed E-state index contributed by atoms with van der Waals surface area (Å²) < 4.78 is 39.8. The molecule has 1 amide bonds. The van der Waals surface area contributed by atoms with Crippen molar-refractivity contribution in [2.75, 3.05) is 6.54 Å². The van der Waals surface area contributed by atoms with Crippen molar-refractivity contribution in [1.29, 1.82) is 0 Å². The van der Waals surface area contributed by atoms with Gasteiger partial charge in [-0.15, -0.1) is 13.2 Å². The van der Waals surface area contributed by atoms with Crippen LogP contribution in [0.25, 0.3) is 0 Å². The van der Waals surface area contributed by atoms with Crippen LogP contribution < -0.4 is 15.8 Å². The lowest BCUT2D eigenvalue weighted by atomic mass is 10.1. The van der Waals surface area contributed by atoms with Crippen LogP contribution in [0.15, 0.2) is 24.3 Å². The van der Waals surface area contributed by atoms with Crippen molar-refractivity contribution < 1.29 is 22.7 Å². The summed E-state index contributed by atoms with van der Waals surface area (Å²) in [6, 6.07) is 4.63. The Balaban J connectivity index is 2.62. The second-order valence-corrected chi connectivity index (χ2v) is 4.62. The van der Waals surface area contributed by atoms with E-state index in [1.807, 2.05) is 6.92 Å². The van der Waals surface area contributed by atoms with Crippen molar-refractivity contribution in [3.05, 3.63) is 29.8 Å². The number of carbonyl (C=O) groups excluding carboxylic acids is 1. The maximum absolute atomic E-state index is 12.0. The molecule has 0 saturated carbocycles. The molecule has 0 aliphatic carbocycles. The fraction of sp³-hybridized carbons (Fsp3) is 0.500. The fourth-order valence-corrected chi connectivity index (χ4v) is 1.78. The summed E-state index contributed by atoms with van der Waals surface area (Å²) in [6.07, 6.45) is -2.03. The van der Waals surface area contributed by atoms with Crippen molar-refractivity contribution in [3.63, 3.8) is 0 Å². The fourth-order valence-electron chi connectivity index (χ4n) is 1.78. The van der Waals surface area contributed by atoms with Crippen molar-refractivity contribution in [2.24, 2.45) is 5.73 Å². The number of ether oxygens (including phenoxy) is 1. The highest BCUT2D eigenvalue weighted by molar-refractivity contribution is 5.94. The van der Waals surface area contributed by atoms with E-state index in [0.717, 1.165) is 31.4 Å². The molecule has 7 heteroatoms. The van der Waals surface area contributed by atoms with Gasteiger partial charge in [0.15, 0.2) is 0 Å². The highest BCUT2D eigenvalue weighted by Crippen LogP contribution is 2.22. The molecule has 1 rings (SSSR count). The third-order valence-corrected chi connectivity index (χ3v) is 2.88. The van der Waals surface area contributed by atoms with Gasteiger partial charge in [-0.2, -0.15) is 0 Å². The molecule has 1 atom stereocenters. The minimum atomic E-state index is -4.74. The average molecular weight is 304 g/mol. The van der Waals surface area contributed by atoms with Crippen molar-refractivity contribution in [1.82, 2.24) is 5.32 Å². The maximum Gasteiger partial charge on any atom is 0.573 e. The summed E-state index contributed by atoms with van der Waals surface area (Å²) in [4.78, 5) is 11.9. The smallest absolute Gasteiger partial charge is 0.406 e. The molecule has 0 aromatic heterocycles. The number of benzene rings is 1. The maximum atomic E-state index is 12.0. The molecule has 4 nitrogen and oxygen atoms in total. The van der Waals surface area contributed by atoms with Gasteiger partial charge in [-0.3, -0.25) is 4.79 Å². The monoisotopic (exact) mass is 304 g/mol. The van der Waals surface area contributed by atoms with Gasteiger partial charge >= 0.3 is 6.36 Å². The van der Waals surface area contributed by atoms with Crippen LogP contribution in [-0.2, 0) is 0 Å². The normalized spacial score (nSPS) is 12.8. The van der Waals surface area contributed by atoms with Gasteiger partial charge in [-0.1, -0.05) is 19.8 Å². The van der Waals surface area contributed by atoms with E-state index >= 15 is 0 Å². The lowest BCUT2D eigenvalue weighted by Gasteiger charge is -2.16. The molecule has 1 unspecified atom stereocenters. The minimum absolute atomic E-state index is 0.136. The van der Waals surface area contributed by atoms with E-state index in [9.17, 15) is 18.0 Å².